The van der Waals surface area contributed by atoms with Crippen LogP contribution in [0.3, 0.4) is 0 Å². The Labute approximate surface area is 190 Å². The number of hydrogen-bond acceptors (Lipinski definition) is 3. The van der Waals surface area contributed by atoms with Gasteiger partial charge in [-0.15, -0.1) is 0 Å². The number of carbonyl (C=O) groups is 1. The second kappa shape index (κ2) is 8.57. The molecule has 1 amide bonds. The molecule has 0 saturated heterocycles. The molecule has 0 spiro atoms. The van der Waals surface area contributed by atoms with E-state index in [0.717, 1.165) is 17.0 Å². The predicted octanol–water partition coefficient (Wildman–Crippen LogP) is 5.81. The minimum Gasteiger partial charge on any atom is -0.318 e. The SMILES string of the molecule is Cc1ccccc1Cn1nc(C)c(NC(=O)c2cc(-c3ccc(Cl)c(Cl)c3)n[nH]2)c1C. The molecule has 0 aliphatic heterocycles. The van der Waals surface area contributed by atoms with Crippen molar-refractivity contribution in [2.24, 2.45) is 0 Å². The van der Waals surface area contributed by atoms with Crippen LogP contribution >= 0.6 is 23.2 Å². The highest BCUT2D eigenvalue weighted by Gasteiger charge is 2.18. The molecule has 0 aliphatic rings. The summed E-state index contributed by atoms with van der Waals surface area (Å²) in [6.45, 7) is 6.54. The van der Waals surface area contributed by atoms with E-state index < -0.39 is 0 Å². The number of aromatic amines is 1. The Kier molecular flexibility index (Phi) is 5.85. The van der Waals surface area contributed by atoms with Crippen LogP contribution in [0, 0.1) is 20.8 Å². The topological polar surface area (TPSA) is 75.6 Å². The largest absolute Gasteiger partial charge is 0.318 e. The van der Waals surface area contributed by atoms with E-state index in [1.165, 1.54) is 11.1 Å². The minimum absolute atomic E-state index is 0.291. The number of aromatic nitrogens is 4. The third-order valence-electron chi connectivity index (χ3n) is 5.24. The van der Waals surface area contributed by atoms with Gasteiger partial charge in [0, 0.05) is 5.56 Å². The van der Waals surface area contributed by atoms with Crippen LogP contribution in [-0.2, 0) is 6.54 Å². The van der Waals surface area contributed by atoms with E-state index in [4.69, 9.17) is 23.2 Å². The predicted molar refractivity (Wildman–Crippen MR) is 124 cm³/mol. The summed E-state index contributed by atoms with van der Waals surface area (Å²) in [7, 11) is 0. The number of amides is 1. The lowest BCUT2D eigenvalue weighted by atomic mass is 10.1. The van der Waals surface area contributed by atoms with Crippen LogP contribution in [0.25, 0.3) is 11.3 Å². The zero-order valence-corrected chi connectivity index (χ0v) is 18.8. The fraction of sp³-hybridized carbons (Fsp3) is 0.174. The first-order valence-corrected chi connectivity index (χ1v) is 10.5. The summed E-state index contributed by atoms with van der Waals surface area (Å²) in [5, 5.41) is 15.5. The fourth-order valence-corrected chi connectivity index (χ4v) is 3.70. The van der Waals surface area contributed by atoms with Gasteiger partial charge in [-0.1, -0.05) is 53.5 Å². The highest BCUT2D eigenvalue weighted by Crippen LogP contribution is 2.28. The lowest BCUT2D eigenvalue weighted by Crippen LogP contribution is -2.14. The van der Waals surface area contributed by atoms with Gasteiger partial charge < -0.3 is 5.32 Å². The van der Waals surface area contributed by atoms with E-state index in [1.54, 1.807) is 24.3 Å². The van der Waals surface area contributed by atoms with Crippen molar-refractivity contribution in [1.29, 1.82) is 0 Å². The van der Waals surface area contributed by atoms with Gasteiger partial charge in [0.1, 0.15) is 5.69 Å². The van der Waals surface area contributed by atoms with Crippen LogP contribution < -0.4 is 5.32 Å². The molecule has 6 nitrogen and oxygen atoms in total. The Bertz CT molecular complexity index is 1270. The number of anilines is 1. The van der Waals surface area contributed by atoms with Crippen molar-refractivity contribution in [2.45, 2.75) is 27.3 Å². The molecule has 0 unspecified atom stereocenters. The molecule has 2 aromatic heterocycles. The molecule has 0 atom stereocenters. The van der Waals surface area contributed by atoms with E-state index in [9.17, 15) is 4.79 Å². The molecule has 31 heavy (non-hydrogen) atoms. The summed E-state index contributed by atoms with van der Waals surface area (Å²) < 4.78 is 1.90. The lowest BCUT2D eigenvalue weighted by Gasteiger charge is -2.08. The number of nitrogens with zero attached hydrogens (tertiary/aromatic N) is 3. The summed E-state index contributed by atoms with van der Waals surface area (Å²) in [6, 6.07) is 15.1. The maximum atomic E-state index is 12.8. The van der Waals surface area contributed by atoms with Crippen molar-refractivity contribution in [3.8, 4) is 11.3 Å². The summed E-state index contributed by atoms with van der Waals surface area (Å²) in [4.78, 5) is 12.8. The summed E-state index contributed by atoms with van der Waals surface area (Å²) >= 11 is 12.1. The number of benzene rings is 2. The number of H-pyrrole nitrogens is 1. The number of halogens is 2. The molecular weight excluding hydrogens is 433 g/mol. The number of rotatable bonds is 5. The summed E-state index contributed by atoms with van der Waals surface area (Å²) in [6.07, 6.45) is 0. The quantitative estimate of drug-likeness (QED) is 0.400. The van der Waals surface area contributed by atoms with Gasteiger partial charge in [-0.3, -0.25) is 14.6 Å². The Morgan fingerprint density at radius 1 is 1.06 bits per heavy atom. The van der Waals surface area contributed by atoms with Gasteiger partial charge in [0.25, 0.3) is 5.91 Å². The molecule has 0 bridgehead atoms. The van der Waals surface area contributed by atoms with Crippen LogP contribution in [0.5, 0.6) is 0 Å². The van der Waals surface area contributed by atoms with Gasteiger partial charge in [-0.25, -0.2) is 0 Å². The molecule has 4 aromatic rings. The molecule has 0 aliphatic carbocycles. The molecule has 2 heterocycles. The van der Waals surface area contributed by atoms with Crippen LogP contribution in [0.2, 0.25) is 10.0 Å². The fourth-order valence-electron chi connectivity index (χ4n) is 3.40. The Balaban J connectivity index is 1.54. The third kappa shape index (κ3) is 4.36. The third-order valence-corrected chi connectivity index (χ3v) is 5.98. The van der Waals surface area contributed by atoms with Gasteiger partial charge in [0.15, 0.2) is 0 Å². The van der Waals surface area contributed by atoms with E-state index in [0.29, 0.717) is 33.7 Å². The maximum absolute atomic E-state index is 12.8. The molecular formula is C23H21Cl2N5O. The van der Waals surface area contributed by atoms with E-state index in [1.807, 2.05) is 30.7 Å². The Morgan fingerprint density at radius 3 is 2.58 bits per heavy atom. The van der Waals surface area contributed by atoms with E-state index in [2.05, 4.69) is 39.7 Å². The van der Waals surface area contributed by atoms with Crippen molar-refractivity contribution >= 4 is 34.8 Å². The molecule has 4 rings (SSSR count). The Morgan fingerprint density at radius 2 is 1.84 bits per heavy atom. The van der Waals surface area contributed by atoms with Gasteiger partial charge >= 0.3 is 0 Å². The van der Waals surface area contributed by atoms with Crippen molar-refractivity contribution in [2.75, 3.05) is 5.32 Å². The average Bonchev–Trinajstić information content (AvgIpc) is 3.33. The van der Waals surface area contributed by atoms with Crippen LogP contribution in [0.4, 0.5) is 5.69 Å². The normalized spacial score (nSPS) is 11.0. The van der Waals surface area contributed by atoms with Crippen molar-refractivity contribution in [3.63, 3.8) is 0 Å². The second-order valence-corrected chi connectivity index (χ2v) is 8.19. The number of aryl methyl sites for hydroxylation is 2. The van der Waals surface area contributed by atoms with Gasteiger partial charge in [0.2, 0.25) is 0 Å². The monoisotopic (exact) mass is 453 g/mol. The zero-order valence-electron chi connectivity index (χ0n) is 17.3. The minimum atomic E-state index is -0.291. The van der Waals surface area contributed by atoms with E-state index >= 15 is 0 Å². The summed E-state index contributed by atoms with van der Waals surface area (Å²) in [5.74, 6) is -0.291. The standard InChI is InChI=1S/C23H21Cl2N5O/c1-13-6-4-5-7-17(13)12-30-15(3)22(14(2)29-30)26-23(31)21-11-20(27-28-21)16-8-9-18(24)19(25)10-16/h4-11H,12H2,1-3H3,(H,26,31)(H,27,28). The molecule has 0 radical (unpaired) electrons. The Hall–Kier alpha value is -3.09. The van der Waals surface area contributed by atoms with Crippen LogP contribution in [0.1, 0.15) is 33.0 Å². The van der Waals surface area contributed by atoms with Crippen molar-refractivity contribution in [3.05, 3.63) is 86.8 Å². The smallest absolute Gasteiger partial charge is 0.273 e. The molecule has 2 N–H and O–H groups in total. The molecule has 158 valence electrons. The van der Waals surface area contributed by atoms with Gasteiger partial charge in [-0.2, -0.15) is 10.2 Å². The maximum Gasteiger partial charge on any atom is 0.273 e. The number of carbonyl (C=O) groups excluding carboxylic acids is 1. The molecule has 8 heteroatoms. The van der Waals surface area contributed by atoms with Crippen molar-refractivity contribution < 1.29 is 4.79 Å². The first-order chi connectivity index (χ1) is 14.8. The number of nitrogens with one attached hydrogen (secondary N) is 2. The van der Waals surface area contributed by atoms with Gasteiger partial charge in [0.05, 0.1) is 39.4 Å². The second-order valence-electron chi connectivity index (χ2n) is 7.38. The van der Waals surface area contributed by atoms with E-state index in [-0.39, 0.29) is 5.91 Å². The average molecular weight is 454 g/mol. The van der Waals surface area contributed by atoms with Crippen molar-refractivity contribution in [1.82, 2.24) is 20.0 Å². The molecule has 0 saturated carbocycles. The van der Waals surface area contributed by atoms with Gasteiger partial charge in [-0.05, 0) is 50.1 Å². The highest BCUT2D eigenvalue weighted by atomic mass is 35.5. The zero-order chi connectivity index (χ0) is 22.1. The first kappa shape index (κ1) is 21.2. The highest BCUT2D eigenvalue weighted by molar-refractivity contribution is 6.42. The number of hydrogen-bond donors (Lipinski definition) is 2. The van der Waals surface area contributed by atoms with Crippen LogP contribution in [-0.4, -0.2) is 25.9 Å². The first-order valence-electron chi connectivity index (χ1n) is 9.74. The van der Waals surface area contributed by atoms with Crippen LogP contribution in [0.15, 0.2) is 48.5 Å². The lowest BCUT2D eigenvalue weighted by molar-refractivity contribution is 0.102. The molecule has 0 fully saturated rings. The molecule has 2 aromatic carbocycles. The summed E-state index contributed by atoms with van der Waals surface area (Å²) in [5.41, 5.74) is 6.44.